The predicted molar refractivity (Wildman–Crippen MR) is 111 cm³/mol. The maximum Gasteiger partial charge on any atom is 0.321 e. The number of urea groups is 1. The third-order valence-electron chi connectivity index (χ3n) is 5.44. The fourth-order valence-corrected chi connectivity index (χ4v) is 3.93. The van der Waals surface area contributed by atoms with Crippen LogP contribution in [0.5, 0.6) is 5.75 Å². The van der Waals surface area contributed by atoms with Gasteiger partial charge in [0.05, 0.1) is 20.3 Å². The first-order valence-electron chi connectivity index (χ1n) is 9.89. The molecule has 0 saturated carbocycles. The molecule has 1 saturated heterocycles. The average molecular weight is 381 g/mol. The van der Waals surface area contributed by atoms with E-state index in [1.165, 1.54) is 11.3 Å². The van der Waals surface area contributed by atoms with Gasteiger partial charge < -0.3 is 19.7 Å². The van der Waals surface area contributed by atoms with Gasteiger partial charge in [0.15, 0.2) is 0 Å². The Morgan fingerprint density at radius 2 is 1.96 bits per heavy atom. The average Bonchev–Trinajstić information content (AvgIpc) is 3.18. The molecule has 148 valence electrons. The van der Waals surface area contributed by atoms with E-state index < -0.39 is 0 Å². The zero-order valence-electron chi connectivity index (χ0n) is 16.3. The monoisotopic (exact) mass is 381 g/mol. The minimum Gasteiger partial charge on any atom is -0.496 e. The van der Waals surface area contributed by atoms with Crippen LogP contribution in [0.15, 0.2) is 42.5 Å². The summed E-state index contributed by atoms with van der Waals surface area (Å²) in [4.78, 5) is 16.9. The summed E-state index contributed by atoms with van der Waals surface area (Å²) in [6.07, 6.45) is 1.64. The largest absolute Gasteiger partial charge is 0.496 e. The van der Waals surface area contributed by atoms with Crippen molar-refractivity contribution >= 4 is 17.4 Å². The summed E-state index contributed by atoms with van der Waals surface area (Å²) in [5, 5.41) is 3.05. The zero-order chi connectivity index (χ0) is 19.3. The van der Waals surface area contributed by atoms with E-state index in [1.807, 2.05) is 29.2 Å². The van der Waals surface area contributed by atoms with Gasteiger partial charge in [-0.15, -0.1) is 0 Å². The van der Waals surface area contributed by atoms with Gasteiger partial charge in [-0.05, 0) is 48.2 Å². The molecule has 2 aromatic rings. The first-order chi connectivity index (χ1) is 13.8. The minimum atomic E-state index is -0.0345. The number of benzene rings is 2. The third kappa shape index (κ3) is 3.92. The van der Waals surface area contributed by atoms with Crippen molar-refractivity contribution in [3.8, 4) is 5.75 Å². The Morgan fingerprint density at radius 1 is 1.14 bits per heavy atom. The SMILES string of the molecule is COc1ccccc1CCNC(=O)N1CCc2cc(N3CCOCC3)ccc21. The number of methoxy groups -OCH3 is 1. The number of morpholine rings is 1. The number of anilines is 2. The highest BCUT2D eigenvalue weighted by Gasteiger charge is 2.25. The van der Waals surface area contributed by atoms with Gasteiger partial charge in [0, 0.05) is 37.6 Å². The lowest BCUT2D eigenvalue weighted by Gasteiger charge is -2.29. The zero-order valence-corrected chi connectivity index (χ0v) is 16.3. The van der Waals surface area contributed by atoms with E-state index in [4.69, 9.17) is 9.47 Å². The summed E-state index contributed by atoms with van der Waals surface area (Å²) in [5.41, 5.74) is 4.58. The molecular formula is C22H27N3O3. The normalized spacial score (nSPS) is 16.0. The maximum absolute atomic E-state index is 12.7. The number of amides is 2. The molecule has 1 N–H and O–H groups in total. The van der Waals surface area contributed by atoms with Crippen LogP contribution in [0.25, 0.3) is 0 Å². The van der Waals surface area contributed by atoms with Crippen LogP contribution in [0.2, 0.25) is 0 Å². The number of nitrogens with one attached hydrogen (secondary N) is 1. The van der Waals surface area contributed by atoms with Crippen molar-refractivity contribution in [3.63, 3.8) is 0 Å². The number of fused-ring (bicyclic) bond motifs is 1. The molecule has 0 aromatic heterocycles. The Morgan fingerprint density at radius 3 is 2.79 bits per heavy atom. The van der Waals surface area contributed by atoms with Gasteiger partial charge in [-0.3, -0.25) is 4.90 Å². The second-order valence-corrected chi connectivity index (χ2v) is 7.11. The second kappa shape index (κ2) is 8.52. The molecule has 2 amide bonds. The van der Waals surface area contributed by atoms with Crippen LogP contribution in [0.3, 0.4) is 0 Å². The molecule has 2 aromatic carbocycles. The van der Waals surface area contributed by atoms with Gasteiger partial charge in [-0.2, -0.15) is 0 Å². The highest BCUT2D eigenvalue weighted by atomic mass is 16.5. The van der Waals surface area contributed by atoms with E-state index in [0.717, 1.165) is 62.7 Å². The van der Waals surface area contributed by atoms with Crippen LogP contribution < -0.4 is 19.9 Å². The maximum atomic E-state index is 12.7. The first-order valence-corrected chi connectivity index (χ1v) is 9.89. The number of ether oxygens (including phenoxy) is 2. The number of hydrogen-bond acceptors (Lipinski definition) is 4. The molecule has 4 rings (SSSR count). The van der Waals surface area contributed by atoms with E-state index in [2.05, 4.69) is 28.4 Å². The van der Waals surface area contributed by atoms with E-state index in [1.54, 1.807) is 7.11 Å². The second-order valence-electron chi connectivity index (χ2n) is 7.11. The van der Waals surface area contributed by atoms with Crippen LogP contribution in [0.4, 0.5) is 16.2 Å². The summed E-state index contributed by atoms with van der Waals surface area (Å²) < 4.78 is 10.8. The molecule has 2 aliphatic heterocycles. The van der Waals surface area contributed by atoms with Gasteiger partial charge in [-0.1, -0.05) is 18.2 Å². The van der Waals surface area contributed by atoms with Crippen molar-refractivity contribution in [2.45, 2.75) is 12.8 Å². The van der Waals surface area contributed by atoms with Gasteiger partial charge in [0.2, 0.25) is 0 Å². The Kier molecular flexibility index (Phi) is 5.67. The summed E-state index contributed by atoms with van der Waals surface area (Å²) in [6.45, 7) is 4.70. The summed E-state index contributed by atoms with van der Waals surface area (Å²) in [6, 6.07) is 14.3. The third-order valence-corrected chi connectivity index (χ3v) is 5.44. The van der Waals surface area contributed by atoms with Crippen molar-refractivity contribution in [3.05, 3.63) is 53.6 Å². The molecule has 0 spiro atoms. The Bertz CT molecular complexity index is 834. The molecule has 6 nitrogen and oxygen atoms in total. The number of nitrogens with zero attached hydrogens (tertiary/aromatic N) is 2. The topological polar surface area (TPSA) is 54.0 Å². The van der Waals surface area contributed by atoms with Crippen LogP contribution in [0.1, 0.15) is 11.1 Å². The van der Waals surface area contributed by atoms with E-state index in [0.29, 0.717) is 6.54 Å². The minimum absolute atomic E-state index is 0.0345. The van der Waals surface area contributed by atoms with Gasteiger partial charge in [-0.25, -0.2) is 4.79 Å². The quantitative estimate of drug-likeness (QED) is 0.865. The first kappa shape index (κ1) is 18.6. The number of carbonyl (C=O) groups is 1. The lowest BCUT2D eigenvalue weighted by atomic mass is 10.1. The van der Waals surface area contributed by atoms with E-state index in [9.17, 15) is 4.79 Å². The van der Waals surface area contributed by atoms with Crippen molar-refractivity contribution in [2.24, 2.45) is 0 Å². The number of para-hydroxylation sites is 1. The van der Waals surface area contributed by atoms with Crippen molar-refractivity contribution < 1.29 is 14.3 Å². The summed E-state index contributed by atoms with van der Waals surface area (Å²) >= 11 is 0. The summed E-state index contributed by atoms with van der Waals surface area (Å²) in [7, 11) is 1.67. The van der Waals surface area contributed by atoms with Crippen LogP contribution in [-0.2, 0) is 17.6 Å². The van der Waals surface area contributed by atoms with Crippen molar-refractivity contribution in [2.75, 3.05) is 56.3 Å². The van der Waals surface area contributed by atoms with Crippen LogP contribution in [-0.4, -0.2) is 52.5 Å². The molecular weight excluding hydrogens is 354 g/mol. The van der Waals surface area contributed by atoms with Crippen LogP contribution >= 0.6 is 0 Å². The number of carbonyl (C=O) groups excluding carboxylic acids is 1. The fraction of sp³-hybridized carbons (Fsp3) is 0.409. The Labute approximate surface area is 166 Å². The Hall–Kier alpha value is -2.73. The highest BCUT2D eigenvalue weighted by Crippen LogP contribution is 2.32. The lowest BCUT2D eigenvalue weighted by Crippen LogP contribution is -2.39. The molecule has 0 unspecified atom stereocenters. The molecule has 0 radical (unpaired) electrons. The molecule has 1 fully saturated rings. The predicted octanol–water partition coefficient (Wildman–Crippen LogP) is 2.85. The van der Waals surface area contributed by atoms with Crippen molar-refractivity contribution in [1.82, 2.24) is 5.32 Å². The van der Waals surface area contributed by atoms with Gasteiger partial charge in [0.1, 0.15) is 5.75 Å². The lowest BCUT2D eigenvalue weighted by molar-refractivity contribution is 0.122. The Balaban J connectivity index is 1.36. The number of hydrogen-bond donors (Lipinski definition) is 1. The molecule has 2 heterocycles. The highest BCUT2D eigenvalue weighted by molar-refractivity contribution is 5.94. The molecule has 28 heavy (non-hydrogen) atoms. The van der Waals surface area contributed by atoms with Crippen molar-refractivity contribution in [1.29, 1.82) is 0 Å². The van der Waals surface area contributed by atoms with E-state index in [-0.39, 0.29) is 6.03 Å². The molecule has 0 bridgehead atoms. The summed E-state index contributed by atoms with van der Waals surface area (Å²) in [5.74, 6) is 0.860. The molecule has 0 aliphatic carbocycles. The molecule has 2 aliphatic rings. The molecule has 6 heteroatoms. The number of rotatable bonds is 5. The van der Waals surface area contributed by atoms with Gasteiger partial charge in [0.25, 0.3) is 0 Å². The van der Waals surface area contributed by atoms with E-state index >= 15 is 0 Å². The van der Waals surface area contributed by atoms with Gasteiger partial charge >= 0.3 is 6.03 Å². The van der Waals surface area contributed by atoms with Crippen LogP contribution in [0, 0.1) is 0 Å². The molecule has 0 atom stereocenters. The standard InChI is InChI=1S/C22H27N3O3/c1-27-21-5-3-2-4-17(21)8-10-23-22(26)25-11-9-18-16-19(6-7-20(18)25)24-12-14-28-15-13-24/h2-7,16H,8-15H2,1H3,(H,23,26). The smallest absolute Gasteiger partial charge is 0.321 e. The fourth-order valence-electron chi connectivity index (χ4n) is 3.93.